The van der Waals surface area contributed by atoms with Crippen molar-refractivity contribution in [2.75, 3.05) is 13.1 Å². The second kappa shape index (κ2) is 5.40. The van der Waals surface area contributed by atoms with Crippen LogP contribution >= 0.6 is 0 Å². The Bertz CT molecular complexity index is 321. The second-order valence-electron chi connectivity index (χ2n) is 3.11. The molecule has 0 bridgehead atoms. The molecule has 0 aliphatic heterocycles. The van der Waals surface area contributed by atoms with Gasteiger partial charge in [-0.05, 0) is 23.5 Å². The number of hydrogen-bond acceptors (Lipinski definition) is 5. The highest BCUT2D eigenvalue weighted by Gasteiger charge is 2.11. The fourth-order valence-electron chi connectivity index (χ4n) is 1.23. The van der Waals surface area contributed by atoms with Gasteiger partial charge in [0.05, 0.1) is 6.54 Å². The van der Waals surface area contributed by atoms with Gasteiger partial charge < -0.3 is 5.11 Å². The molecule has 0 aliphatic carbocycles. The van der Waals surface area contributed by atoms with E-state index in [1.54, 1.807) is 0 Å². The van der Waals surface area contributed by atoms with Crippen molar-refractivity contribution in [3.8, 4) is 0 Å². The number of hydrogen-bond donors (Lipinski definition) is 1. The fourth-order valence-corrected chi connectivity index (χ4v) is 1.23. The normalized spacial score (nSPS) is 10.9. The smallest absolute Gasteiger partial charge is 0.325 e. The topological polar surface area (TPSA) is 84.1 Å². The lowest BCUT2D eigenvalue weighted by Crippen LogP contribution is -2.25. The molecule has 1 aromatic rings. The maximum absolute atomic E-state index is 10.5. The zero-order valence-electron chi connectivity index (χ0n) is 8.92. The Morgan fingerprint density at radius 3 is 2.67 bits per heavy atom. The lowest BCUT2D eigenvalue weighted by atomic mass is 10.4. The van der Waals surface area contributed by atoms with Gasteiger partial charge >= 0.3 is 5.97 Å². The van der Waals surface area contributed by atoms with Crippen molar-refractivity contribution in [1.82, 2.24) is 25.1 Å². The van der Waals surface area contributed by atoms with Crippen molar-refractivity contribution in [1.29, 1.82) is 0 Å². The Labute approximate surface area is 87.7 Å². The average Bonchev–Trinajstić information content (AvgIpc) is 2.61. The van der Waals surface area contributed by atoms with Crippen LogP contribution in [0.15, 0.2) is 0 Å². The van der Waals surface area contributed by atoms with Crippen LogP contribution in [0, 0.1) is 0 Å². The minimum Gasteiger partial charge on any atom is -0.480 e. The van der Waals surface area contributed by atoms with Crippen LogP contribution in [0.4, 0.5) is 0 Å². The van der Waals surface area contributed by atoms with Gasteiger partial charge in [-0.2, -0.15) is 0 Å². The van der Waals surface area contributed by atoms with E-state index in [4.69, 9.17) is 5.11 Å². The average molecular weight is 213 g/mol. The summed E-state index contributed by atoms with van der Waals surface area (Å²) in [6, 6.07) is 0. The highest BCUT2D eigenvalue weighted by molar-refractivity contribution is 5.66. The van der Waals surface area contributed by atoms with Gasteiger partial charge in [0.2, 0.25) is 0 Å². The largest absolute Gasteiger partial charge is 0.480 e. The Balaban J connectivity index is 2.67. The van der Waals surface area contributed by atoms with E-state index in [-0.39, 0.29) is 6.54 Å². The molecule has 0 atom stereocenters. The van der Waals surface area contributed by atoms with E-state index in [1.807, 2.05) is 13.8 Å². The van der Waals surface area contributed by atoms with Crippen LogP contribution in [0.2, 0.25) is 0 Å². The number of nitrogens with zero attached hydrogens (tertiary/aromatic N) is 5. The van der Waals surface area contributed by atoms with Gasteiger partial charge in [0.25, 0.3) is 0 Å². The van der Waals surface area contributed by atoms with E-state index in [0.717, 1.165) is 13.1 Å². The Morgan fingerprint density at radius 1 is 1.47 bits per heavy atom. The molecule has 1 aromatic heterocycles. The molecule has 0 unspecified atom stereocenters. The van der Waals surface area contributed by atoms with Crippen LogP contribution in [0.25, 0.3) is 0 Å². The van der Waals surface area contributed by atoms with Crippen LogP contribution in [-0.4, -0.2) is 49.3 Å². The van der Waals surface area contributed by atoms with Crippen molar-refractivity contribution < 1.29 is 9.90 Å². The van der Waals surface area contributed by atoms with E-state index in [1.165, 1.54) is 4.68 Å². The molecule has 0 amide bonds. The number of carbonyl (C=O) groups is 1. The molecule has 0 saturated heterocycles. The molecule has 0 aromatic carbocycles. The molecule has 7 nitrogen and oxygen atoms in total. The van der Waals surface area contributed by atoms with Crippen molar-refractivity contribution in [3.63, 3.8) is 0 Å². The summed E-state index contributed by atoms with van der Waals surface area (Å²) < 4.78 is 1.31. The molecule has 1 N–H and O–H groups in total. The minimum atomic E-state index is -0.942. The summed E-state index contributed by atoms with van der Waals surface area (Å²) in [5, 5.41) is 19.5. The molecular formula is C8H15N5O2. The standard InChI is InChI=1S/C8H15N5O2/c1-3-12(4-2)5-7-9-10-11-13(7)6-8(14)15/h3-6H2,1-2H3,(H,14,15). The third-order valence-electron chi connectivity index (χ3n) is 2.15. The van der Waals surface area contributed by atoms with Gasteiger partial charge in [-0.1, -0.05) is 13.8 Å². The predicted molar refractivity (Wildman–Crippen MR) is 52.1 cm³/mol. The summed E-state index contributed by atoms with van der Waals surface area (Å²) in [6.07, 6.45) is 0. The van der Waals surface area contributed by atoms with E-state index >= 15 is 0 Å². The van der Waals surface area contributed by atoms with Gasteiger partial charge in [0.15, 0.2) is 5.82 Å². The Hall–Kier alpha value is -1.50. The molecule has 1 heterocycles. The van der Waals surface area contributed by atoms with Crippen molar-refractivity contribution >= 4 is 5.97 Å². The zero-order chi connectivity index (χ0) is 11.3. The first-order chi connectivity index (χ1) is 7.17. The number of carboxylic acid groups (broad SMARTS) is 1. The van der Waals surface area contributed by atoms with E-state index in [9.17, 15) is 4.79 Å². The highest BCUT2D eigenvalue weighted by Crippen LogP contribution is 1.99. The highest BCUT2D eigenvalue weighted by atomic mass is 16.4. The van der Waals surface area contributed by atoms with Crippen LogP contribution in [0.5, 0.6) is 0 Å². The number of aromatic nitrogens is 4. The summed E-state index contributed by atoms with van der Waals surface area (Å²) in [6.45, 7) is 6.23. The molecular weight excluding hydrogens is 198 g/mol. The van der Waals surface area contributed by atoms with Crippen molar-refractivity contribution in [2.45, 2.75) is 26.9 Å². The number of tetrazole rings is 1. The van der Waals surface area contributed by atoms with Crippen LogP contribution < -0.4 is 0 Å². The monoisotopic (exact) mass is 213 g/mol. The molecule has 0 saturated carbocycles. The van der Waals surface area contributed by atoms with Crippen LogP contribution in [0.3, 0.4) is 0 Å². The molecule has 0 spiro atoms. The summed E-state index contributed by atoms with van der Waals surface area (Å²) >= 11 is 0. The SMILES string of the molecule is CCN(CC)Cc1nnnn1CC(=O)O. The third kappa shape index (κ3) is 3.28. The van der Waals surface area contributed by atoms with Gasteiger partial charge in [0, 0.05) is 0 Å². The zero-order valence-corrected chi connectivity index (χ0v) is 8.92. The van der Waals surface area contributed by atoms with Crippen LogP contribution in [0.1, 0.15) is 19.7 Å². The lowest BCUT2D eigenvalue weighted by molar-refractivity contribution is -0.138. The molecule has 0 fully saturated rings. The first kappa shape index (κ1) is 11.6. The van der Waals surface area contributed by atoms with Gasteiger partial charge in [-0.25, -0.2) is 4.68 Å². The van der Waals surface area contributed by atoms with E-state index in [0.29, 0.717) is 12.4 Å². The summed E-state index contributed by atoms with van der Waals surface area (Å²) in [5.41, 5.74) is 0. The van der Waals surface area contributed by atoms with E-state index in [2.05, 4.69) is 20.4 Å². The Morgan fingerprint density at radius 2 is 2.13 bits per heavy atom. The first-order valence-electron chi connectivity index (χ1n) is 4.86. The third-order valence-corrected chi connectivity index (χ3v) is 2.15. The maximum atomic E-state index is 10.5. The molecule has 1 rings (SSSR count). The predicted octanol–water partition coefficient (Wildman–Crippen LogP) is -0.400. The maximum Gasteiger partial charge on any atom is 0.325 e. The second-order valence-corrected chi connectivity index (χ2v) is 3.11. The van der Waals surface area contributed by atoms with E-state index < -0.39 is 5.97 Å². The fraction of sp³-hybridized carbons (Fsp3) is 0.750. The minimum absolute atomic E-state index is 0.191. The van der Waals surface area contributed by atoms with Gasteiger partial charge in [-0.3, -0.25) is 9.69 Å². The molecule has 0 aliphatic rings. The molecule has 15 heavy (non-hydrogen) atoms. The molecule has 0 radical (unpaired) electrons. The first-order valence-corrected chi connectivity index (χ1v) is 4.86. The quantitative estimate of drug-likeness (QED) is 0.692. The number of carboxylic acids is 1. The number of aliphatic carboxylic acids is 1. The molecule has 84 valence electrons. The van der Waals surface area contributed by atoms with Gasteiger partial charge in [0.1, 0.15) is 6.54 Å². The van der Waals surface area contributed by atoms with Crippen LogP contribution in [-0.2, 0) is 17.9 Å². The van der Waals surface area contributed by atoms with Crippen molar-refractivity contribution in [3.05, 3.63) is 5.82 Å². The summed E-state index contributed by atoms with van der Waals surface area (Å²) in [5.74, 6) is -0.357. The van der Waals surface area contributed by atoms with Crippen molar-refractivity contribution in [2.24, 2.45) is 0 Å². The van der Waals surface area contributed by atoms with Gasteiger partial charge in [-0.15, -0.1) is 5.10 Å². The molecule has 7 heteroatoms. The lowest BCUT2D eigenvalue weighted by Gasteiger charge is -2.16. The summed E-state index contributed by atoms with van der Waals surface area (Å²) in [4.78, 5) is 12.6. The number of rotatable bonds is 6. The summed E-state index contributed by atoms with van der Waals surface area (Å²) in [7, 11) is 0. The Kier molecular flexibility index (Phi) is 4.17.